The van der Waals surface area contributed by atoms with Crippen molar-refractivity contribution in [2.24, 2.45) is 0 Å². The Bertz CT molecular complexity index is 392. The van der Waals surface area contributed by atoms with Gasteiger partial charge in [-0.05, 0) is 44.9 Å². The van der Waals surface area contributed by atoms with Crippen molar-refractivity contribution in [1.82, 2.24) is 5.32 Å². The summed E-state index contributed by atoms with van der Waals surface area (Å²) in [5.74, 6) is -0.0600. The number of ketones is 1. The highest BCUT2D eigenvalue weighted by Gasteiger charge is 2.22. The molecule has 100 valence electrons. The predicted molar refractivity (Wildman–Crippen MR) is 72.1 cm³/mol. The largest absolute Gasteiger partial charge is 0.302 e. The highest BCUT2D eigenvalue weighted by molar-refractivity contribution is 5.84. The van der Waals surface area contributed by atoms with Crippen LogP contribution in [0.1, 0.15) is 39.7 Å². The summed E-state index contributed by atoms with van der Waals surface area (Å²) in [5, 5.41) is 3.33. The molecular formula is C15H22FNO. The molecule has 2 nitrogen and oxygen atoms in total. The normalized spacial score (nSPS) is 13.4. The molecule has 0 aliphatic rings. The summed E-state index contributed by atoms with van der Waals surface area (Å²) < 4.78 is 12.8. The number of carbonyl (C=O) groups is 1. The highest BCUT2D eigenvalue weighted by atomic mass is 19.1. The molecular weight excluding hydrogens is 229 g/mol. The molecule has 1 aromatic carbocycles. The van der Waals surface area contributed by atoms with Crippen LogP contribution in [-0.2, 0) is 11.2 Å². The van der Waals surface area contributed by atoms with Crippen molar-refractivity contribution >= 4 is 5.78 Å². The fourth-order valence-electron chi connectivity index (χ4n) is 1.87. The Morgan fingerprint density at radius 3 is 2.28 bits per heavy atom. The number of Topliss-reactive ketones (excluding diaryl/α,β-unsaturated/α-hetero) is 1. The van der Waals surface area contributed by atoms with Crippen LogP contribution < -0.4 is 5.32 Å². The lowest BCUT2D eigenvalue weighted by molar-refractivity contribution is -0.121. The third-order valence-electron chi connectivity index (χ3n) is 2.70. The second-order valence-electron chi connectivity index (χ2n) is 5.60. The molecule has 0 heterocycles. The molecule has 18 heavy (non-hydrogen) atoms. The average molecular weight is 251 g/mol. The van der Waals surface area contributed by atoms with Crippen LogP contribution in [0, 0.1) is 5.82 Å². The van der Waals surface area contributed by atoms with Gasteiger partial charge in [0.1, 0.15) is 11.6 Å². The molecule has 3 heteroatoms. The molecule has 1 aromatic rings. The van der Waals surface area contributed by atoms with Crippen LogP contribution in [0.2, 0.25) is 0 Å². The molecule has 0 bridgehead atoms. The van der Waals surface area contributed by atoms with E-state index in [4.69, 9.17) is 0 Å². The first-order valence-electron chi connectivity index (χ1n) is 6.36. The van der Waals surface area contributed by atoms with Crippen molar-refractivity contribution in [3.63, 3.8) is 0 Å². The second-order valence-corrected chi connectivity index (χ2v) is 5.60. The third-order valence-corrected chi connectivity index (χ3v) is 2.70. The second kappa shape index (κ2) is 6.10. The molecule has 0 fully saturated rings. The van der Waals surface area contributed by atoms with Gasteiger partial charge in [0.15, 0.2) is 0 Å². The van der Waals surface area contributed by atoms with Gasteiger partial charge in [-0.25, -0.2) is 4.39 Å². The van der Waals surface area contributed by atoms with E-state index in [1.807, 2.05) is 27.7 Å². The summed E-state index contributed by atoms with van der Waals surface area (Å²) in [6, 6.07) is 6.12. The van der Waals surface area contributed by atoms with Crippen molar-refractivity contribution < 1.29 is 9.18 Å². The zero-order valence-electron chi connectivity index (χ0n) is 11.6. The number of hydrogen-bond acceptors (Lipinski definition) is 2. The van der Waals surface area contributed by atoms with E-state index in [1.54, 1.807) is 12.1 Å². The Hall–Kier alpha value is -1.22. The Balaban J connectivity index is 2.78. The van der Waals surface area contributed by atoms with Crippen LogP contribution in [0.3, 0.4) is 0 Å². The maximum Gasteiger partial charge on any atom is 0.149 e. The molecule has 1 atom stereocenters. The topological polar surface area (TPSA) is 29.1 Å². The van der Waals surface area contributed by atoms with Crippen LogP contribution in [0.25, 0.3) is 0 Å². The van der Waals surface area contributed by atoms with Gasteiger partial charge in [0.2, 0.25) is 0 Å². The minimum absolute atomic E-state index is 0.116. The monoisotopic (exact) mass is 251 g/mol. The van der Waals surface area contributed by atoms with Crippen LogP contribution in [0.5, 0.6) is 0 Å². The number of benzene rings is 1. The summed E-state index contributed by atoms with van der Waals surface area (Å²) in [7, 11) is 0. The Morgan fingerprint density at radius 1 is 1.28 bits per heavy atom. The summed E-state index contributed by atoms with van der Waals surface area (Å²) in [4.78, 5) is 11.9. The summed E-state index contributed by atoms with van der Waals surface area (Å²) in [6.07, 6.45) is 1.11. The summed E-state index contributed by atoms with van der Waals surface area (Å²) in [5.41, 5.74) is 0.857. The van der Waals surface area contributed by atoms with Crippen LogP contribution in [-0.4, -0.2) is 17.4 Å². The van der Waals surface area contributed by atoms with Crippen LogP contribution >= 0.6 is 0 Å². The van der Waals surface area contributed by atoms with Gasteiger partial charge in [0.05, 0.1) is 6.04 Å². The van der Waals surface area contributed by atoms with E-state index in [0.717, 1.165) is 5.56 Å². The number of carbonyl (C=O) groups excluding carboxylic acids is 1. The SMILES string of the molecule is CCC(=O)[C@@H](Cc1ccc(F)cc1)NC(C)(C)C. The van der Waals surface area contributed by atoms with Crippen molar-refractivity contribution in [3.05, 3.63) is 35.6 Å². The maximum atomic E-state index is 12.8. The molecule has 0 aromatic heterocycles. The van der Waals surface area contributed by atoms with Gasteiger partial charge >= 0.3 is 0 Å². The van der Waals surface area contributed by atoms with Crippen LogP contribution in [0.15, 0.2) is 24.3 Å². The van der Waals surface area contributed by atoms with Crippen molar-refractivity contribution in [2.75, 3.05) is 0 Å². The van der Waals surface area contributed by atoms with Crippen molar-refractivity contribution in [3.8, 4) is 0 Å². The van der Waals surface area contributed by atoms with E-state index in [0.29, 0.717) is 12.8 Å². The first kappa shape index (κ1) is 14.8. The van der Waals surface area contributed by atoms with Crippen molar-refractivity contribution in [2.45, 2.75) is 52.1 Å². The standard InChI is InChI=1S/C15H22FNO/c1-5-14(18)13(17-15(2,3)4)10-11-6-8-12(16)9-7-11/h6-9,13,17H,5,10H2,1-4H3/t13-/m1/s1. The van der Waals surface area contributed by atoms with Gasteiger partial charge in [0.25, 0.3) is 0 Å². The van der Waals surface area contributed by atoms with Gasteiger partial charge in [-0.2, -0.15) is 0 Å². The van der Waals surface area contributed by atoms with Gasteiger partial charge in [0, 0.05) is 12.0 Å². The van der Waals surface area contributed by atoms with E-state index >= 15 is 0 Å². The molecule has 0 unspecified atom stereocenters. The molecule has 0 aliphatic heterocycles. The molecule has 0 saturated carbocycles. The lowest BCUT2D eigenvalue weighted by atomic mass is 9.97. The van der Waals surface area contributed by atoms with E-state index in [1.165, 1.54) is 12.1 Å². The Kier molecular flexibility index (Phi) is 5.03. The van der Waals surface area contributed by atoms with Crippen molar-refractivity contribution in [1.29, 1.82) is 0 Å². The highest BCUT2D eigenvalue weighted by Crippen LogP contribution is 2.11. The minimum atomic E-state index is -0.249. The summed E-state index contributed by atoms with van der Waals surface area (Å²) >= 11 is 0. The molecule has 0 amide bonds. The fraction of sp³-hybridized carbons (Fsp3) is 0.533. The third kappa shape index (κ3) is 4.96. The number of hydrogen-bond donors (Lipinski definition) is 1. The van der Waals surface area contributed by atoms with E-state index < -0.39 is 0 Å². The predicted octanol–water partition coefficient (Wildman–Crippen LogP) is 3.10. The van der Waals surface area contributed by atoms with Gasteiger partial charge in [-0.1, -0.05) is 19.1 Å². The lowest BCUT2D eigenvalue weighted by Gasteiger charge is -2.27. The molecule has 0 saturated heterocycles. The Morgan fingerprint density at radius 2 is 1.83 bits per heavy atom. The average Bonchev–Trinajstić information content (AvgIpc) is 2.28. The summed E-state index contributed by atoms with van der Waals surface area (Å²) in [6.45, 7) is 7.97. The van der Waals surface area contributed by atoms with Crippen LogP contribution in [0.4, 0.5) is 4.39 Å². The molecule has 0 radical (unpaired) electrons. The molecule has 1 N–H and O–H groups in total. The van der Waals surface area contributed by atoms with Gasteiger partial charge < -0.3 is 5.32 Å². The van der Waals surface area contributed by atoms with E-state index in [2.05, 4.69) is 5.32 Å². The molecule has 0 aliphatic carbocycles. The quantitative estimate of drug-likeness (QED) is 0.871. The molecule has 0 spiro atoms. The first-order valence-corrected chi connectivity index (χ1v) is 6.36. The number of rotatable bonds is 5. The van der Waals surface area contributed by atoms with Gasteiger partial charge in [-0.15, -0.1) is 0 Å². The first-order chi connectivity index (χ1) is 8.31. The van der Waals surface area contributed by atoms with E-state index in [9.17, 15) is 9.18 Å². The fourth-order valence-corrected chi connectivity index (χ4v) is 1.87. The molecule has 1 rings (SSSR count). The lowest BCUT2D eigenvalue weighted by Crippen LogP contribution is -2.48. The minimum Gasteiger partial charge on any atom is -0.302 e. The Labute approximate surface area is 109 Å². The number of nitrogens with one attached hydrogen (secondary N) is 1. The van der Waals surface area contributed by atoms with E-state index in [-0.39, 0.29) is 23.2 Å². The smallest absolute Gasteiger partial charge is 0.149 e. The number of halogens is 1. The maximum absolute atomic E-state index is 12.8. The zero-order valence-corrected chi connectivity index (χ0v) is 11.6. The van der Waals surface area contributed by atoms with Gasteiger partial charge in [-0.3, -0.25) is 4.79 Å². The zero-order chi connectivity index (χ0) is 13.8.